The van der Waals surface area contributed by atoms with Gasteiger partial charge in [0.2, 0.25) is 0 Å². The Morgan fingerprint density at radius 3 is 2.62 bits per heavy atom. The van der Waals surface area contributed by atoms with Crippen molar-refractivity contribution in [2.75, 3.05) is 5.75 Å². The molecule has 0 fully saturated rings. The topological polar surface area (TPSA) is 60.7 Å². The molecule has 0 bridgehead atoms. The highest BCUT2D eigenvalue weighted by atomic mass is 32.2. The molecule has 5 nitrogen and oxygen atoms in total. The van der Waals surface area contributed by atoms with Crippen LogP contribution < -0.4 is 0 Å². The molecular weight excluding hydrogens is 420 g/mol. The quantitative estimate of drug-likeness (QED) is 0.248. The predicted octanol–water partition coefficient (Wildman–Crippen LogP) is 5.63. The third-order valence-corrected chi connectivity index (χ3v) is 7.41. The third-order valence-electron chi connectivity index (χ3n) is 4.22. The van der Waals surface area contributed by atoms with Crippen molar-refractivity contribution in [2.24, 2.45) is 0 Å². The van der Waals surface area contributed by atoms with Gasteiger partial charge in [-0.3, -0.25) is 4.57 Å². The van der Waals surface area contributed by atoms with E-state index < -0.39 is 0 Å². The predicted molar refractivity (Wildman–Crippen MR) is 121 cm³/mol. The minimum absolute atomic E-state index is 0.225. The Kier molecular flexibility index (Phi) is 6.63. The van der Waals surface area contributed by atoms with Crippen molar-refractivity contribution in [1.82, 2.24) is 19.7 Å². The van der Waals surface area contributed by atoms with E-state index in [0.29, 0.717) is 12.2 Å². The Labute approximate surface area is 182 Å². The van der Waals surface area contributed by atoms with Gasteiger partial charge in [-0.1, -0.05) is 53.9 Å². The highest BCUT2D eigenvalue weighted by Crippen LogP contribution is 2.32. The maximum Gasteiger partial charge on any atom is 0.195 e. The summed E-state index contributed by atoms with van der Waals surface area (Å²) >= 11 is 5.03. The molecule has 0 N–H and O–H groups in total. The van der Waals surface area contributed by atoms with Gasteiger partial charge in [0.1, 0.15) is 11.6 Å². The van der Waals surface area contributed by atoms with E-state index in [1.54, 1.807) is 41.8 Å². The summed E-state index contributed by atoms with van der Waals surface area (Å²) in [7, 11) is 0. The first-order chi connectivity index (χ1) is 14.2. The molecule has 148 valence electrons. The molecule has 0 saturated heterocycles. The fraction of sp³-hybridized carbons (Fsp3) is 0.238. The second kappa shape index (κ2) is 9.56. The van der Waals surface area contributed by atoms with E-state index in [9.17, 15) is 4.79 Å². The summed E-state index contributed by atoms with van der Waals surface area (Å²) in [6.45, 7) is 1.63. The highest BCUT2D eigenvalue weighted by Gasteiger charge is 2.15. The Hall–Kier alpha value is -2.16. The number of carbonyl (C=O) groups excluding carboxylic acids is 1. The number of fused-ring (bicyclic) bond motifs is 1. The molecule has 0 atom stereocenters. The smallest absolute Gasteiger partial charge is 0.195 e. The van der Waals surface area contributed by atoms with Gasteiger partial charge in [-0.15, -0.1) is 21.5 Å². The Balaban J connectivity index is 1.53. The van der Waals surface area contributed by atoms with Crippen LogP contribution in [0, 0.1) is 0 Å². The number of hydrogen-bond acceptors (Lipinski definition) is 7. The number of hydrogen-bond donors (Lipinski definition) is 0. The molecule has 0 aliphatic heterocycles. The molecular formula is C21H20N4OS3. The number of ketones is 1. The lowest BCUT2D eigenvalue weighted by atomic mass is 10.3. The number of thiazole rings is 1. The lowest BCUT2D eigenvalue weighted by molar-refractivity contribution is -0.117. The fourth-order valence-corrected chi connectivity index (χ4v) is 5.74. The fourth-order valence-electron chi connectivity index (χ4n) is 2.85. The van der Waals surface area contributed by atoms with Gasteiger partial charge in [0.05, 0.1) is 16.0 Å². The Morgan fingerprint density at radius 2 is 1.83 bits per heavy atom. The van der Waals surface area contributed by atoms with Gasteiger partial charge in [-0.2, -0.15) is 0 Å². The summed E-state index contributed by atoms with van der Waals surface area (Å²) in [5.74, 6) is 2.66. The number of thioether (sulfide) groups is 2. The summed E-state index contributed by atoms with van der Waals surface area (Å²) in [6, 6.07) is 18.4. The van der Waals surface area contributed by atoms with E-state index in [0.717, 1.165) is 38.7 Å². The summed E-state index contributed by atoms with van der Waals surface area (Å²) < 4.78 is 4.34. The van der Waals surface area contributed by atoms with E-state index in [1.165, 1.54) is 4.70 Å². The molecule has 0 unspecified atom stereocenters. The lowest BCUT2D eigenvalue weighted by Gasteiger charge is -2.09. The minimum Gasteiger partial charge on any atom is -0.300 e. The van der Waals surface area contributed by atoms with Crippen LogP contribution in [0.2, 0.25) is 0 Å². The Morgan fingerprint density at radius 1 is 1.03 bits per heavy atom. The first kappa shape index (κ1) is 20.1. The van der Waals surface area contributed by atoms with Crippen LogP contribution in [0.25, 0.3) is 15.9 Å². The highest BCUT2D eigenvalue weighted by molar-refractivity contribution is 8.00. The molecule has 2 aromatic heterocycles. The number of rotatable bonds is 9. The average molecular weight is 441 g/mol. The number of nitrogens with zero attached hydrogens (tertiary/aromatic N) is 4. The van der Waals surface area contributed by atoms with Gasteiger partial charge in [0.25, 0.3) is 0 Å². The molecule has 2 heterocycles. The Bertz CT molecular complexity index is 1070. The molecule has 4 aromatic rings. The maximum absolute atomic E-state index is 11.2. The van der Waals surface area contributed by atoms with Crippen LogP contribution in [-0.2, 0) is 10.5 Å². The minimum atomic E-state index is 0.225. The summed E-state index contributed by atoms with van der Waals surface area (Å²) in [5.41, 5.74) is 2.08. The van der Waals surface area contributed by atoms with Crippen molar-refractivity contribution in [2.45, 2.75) is 35.0 Å². The van der Waals surface area contributed by atoms with Crippen molar-refractivity contribution < 1.29 is 4.79 Å². The van der Waals surface area contributed by atoms with Crippen LogP contribution in [-0.4, -0.2) is 31.3 Å². The average Bonchev–Trinajstić information content (AvgIpc) is 3.33. The van der Waals surface area contributed by atoms with Gasteiger partial charge in [0, 0.05) is 17.9 Å². The molecule has 29 heavy (non-hydrogen) atoms. The zero-order chi connectivity index (χ0) is 20.1. The normalized spacial score (nSPS) is 11.2. The first-order valence-electron chi connectivity index (χ1n) is 9.31. The van der Waals surface area contributed by atoms with E-state index in [-0.39, 0.29) is 5.78 Å². The number of aromatic nitrogens is 4. The summed E-state index contributed by atoms with van der Waals surface area (Å²) in [4.78, 5) is 15.9. The molecule has 8 heteroatoms. The molecule has 0 saturated carbocycles. The number of Topliss-reactive ketones (excluding diaryl/α,β-unsaturated/α-hetero) is 1. The zero-order valence-electron chi connectivity index (χ0n) is 15.9. The largest absolute Gasteiger partial charge is 0.300 e. The second-order valence-corrected chi connectivity index (χ2v) is 9.78. The van der Waals surface area contributed by atoms with Crippen LogP contribution in [0.4, 0.5) is 0 Å². The van der Waals surface area contributed by atoms with E-state index in [4.69, 9.17) is 4.98 Å². The van der Waals surface area contributed by atoms with Crippen LogP contribution in [0.1, 0.15) is 25.6 Å². The van der Waals surface area contributed by atoms with Crippen molar-refractivity contribution in [1.29, 1.82) is 0 Å². The van der Waals surface area contributed by atoms with Gasteiger partial charge >= 0.3 is 0 Å². The van der Waals surface area contributed by atoms with Crippen molar-refractivity contribution in [3.8, 4) is 5.69 Å². The molecule has 0 aliphatic rings. The summed E-state index contributed by atoms with van der Waals surface area (Å²) in [5, 5.41) is 9.74. The van der Waals surface area contributed by atoms with Crippen LogP contribution in [0.5, 0.6) is 0 Å². The van der Waals surface area contributed by atoms with Gasteiger partial charge < -0.3 is 4.79 Å². The molecule has 0 radical (unpaired) electrons. The van der Waals surface area contributed by atoms with Crippen LogP contribution >= 0.6 is 34.9 Å². The SMILES string of the molecule is CC(=O)CCCSc1nnc(CSc2nc3ccccc3s2)n1-c1ccccc1. The third kappa shape index (κ3) is 5.07. The van der Waals surface area contributed by atoms with E-state index in [2.05, 4.69) is 33.0 Å². The molecule has 2 aromatic carbocycles. The zero-order valence-corrected chi connectivity index (χ0v) is 18.4. The molecule has 0 aliphatic carbocycles. The summed E-state index contributed by atoms with van der Waals surface area (Å²) in [6.07, 6.45) is 1.45. The second-order valence-electron chi connectivity index (χ2n) is 6.46. The molecule has 4 rings (SSSR count). The van der Waals surface area contributed by atoms with E-state index >= 15 is 0 Å². The monoisotopic (exact) mass is 440 g/mol. The lowest BCUT2D eigenvalue weighted by Crippen LogP contribution is -2.02. The van der Waals surface area contributed by atoms with Crippen molar-refractivity contribution in [3.63, 3.8) is 0 Å². The molecule has 0 spiro atoms. The number of benzene rings is 2. The van der Waals surface area contributed by atoms with Crippen LogP contribution in [0.15, 0.2) is 64.1 Å². The van der Waals surface area contributed by atoms with Gasteiger partial charge in [0.15, 0.2) is 9.50 Å². The van der Waals surface area contributed by atoms with E-state index in [1.807, 2.05) is 36.4 Å². The first-order valence-corrected chi connectivity index (χ1v) is 12.1. The number of carbonyl (C=O) groups is 1. The standard InChI is InChI=1S/C21H20N4OS3/c1-15(26)8-7-13-27-20-24-23-19(25(20)16-9-3-2-4-10-16)14-28-21-22-17-11-5-6-12-18(17)29-21/h2-6,9-12H,7-8,13-14H2,1H3. The number of para-hydroxylation sites is 2. The van der Waals surface area contributed by atoms with Gasteiger partial charge in [-0.25, -0.2) is 4.98 Å². The van der Waals surface area contributed by atoms with Crippen molar-refractivity contribution >= 4 is 50.9 Å². The van der Waals surface area contributed by atoms with Crippen LogP contribution in [0.3, 0.4) is 0 Å². The molecule has 0 amide bonds. The van der Waals surface area contributed by atoms with Crippen molar-refractivity contribution in [3.05, 3.63) is 60.4 Å². The van der Waals surface area contributed by atoms with Gasteiger partial charge in [-0.05, 0) is 37.6 Å². The maximum atomic E-state index is 11.2.